The van der Waals surface area contributed by atoms with Crippen LogP contribution in [0, 0.1) is 17.3 Å². The van der Waals surface area contributed by atoms with E-state index in [0.29, 0.717) is 24.5 Å². The van der Waals surface area contributed by atoms with Crippen LogP contribution in [0.4, 0.5) is 10.2 Å². The summed E-state index contributed by atoms with van der Waals surface area (Å²) in [4.78, 5) is 20.0. The molecule has 11 heteroatoms. The summed E-state index contributed by atoms with van der Waals surface area (Å²) in [7, 11) is -4.11. The summed E-state index contributed by atoms with van der Waals surface area (Å²) in [6, 6.07) is 11.8. The Bertz CT molecular complexity index is 1480. The van der Waals surface area contributed by atoms with Crippen molar-refractivity contribution in [1.82, 2.24) is 19.5 Å². The normalized spacial score (nSPS) is 19.6. The van der Waals surface area contributed by atoms with E-state index in [-0.39, 0.29) is 33.5 Å². The third-order valence-electron chi connectivity index (χ3n) is 7.63. The lowest BCUT2D eigenvalue weighted by Gasteiger charge is -2.34. The predicted molar refractivity (Wildman–Crippen MR) is 145 cm³/mol. The summed E-state index contributed by atoms with van der Waals surface area (Å²) in [6.07, 6.45) is 4.06. The Kier molecular flexibility index (Phi) is 6.90. The molecule has 2 aliphatic rings. The SMILES string of the molecule is C[C@@H]1CN(c2nc(-n3nc(OCCC4(C)CC4)cc3F)ccc2C(=O)NS(=O)(=O)c2ccccc2)C(C)(C)C1. The molecule has 1 aliphatic carbocycles. The second kappa shape index (κ2) is 9.93. The van der Waals surface area contributed by atoms with E-state index in [4.69, 9.17) is 4.74 Å². The van der Waals surface area contributed by atoms with E-state index < -0.39 is 21.9 Å². The van der Waals surface area contributed by atoms with Crippen LogP contribution in [-0.2, 0) is 10.0 Å². The highest BCUT2D eigenvalue weighted by atomic mass is 32.2. The number of halogens is 1. The zero-order valence-corrected chi connectivity index (χ0v) is 23.5. The van der Waals surface area contributed by atoms with E-state index in [9.17, 15) is 17.6 Å². The van der Waals surface area contributed by atoms with Crippen molar-refractivity contribution in [2.45, 2.75) is 63.8 Å². The van der Waals surface area contributed by atoms with Crippen molar-refractivity contribution < 1.29 is 22.3 Å². The number of rotatable bonds is 9. The first-order chi connectivity index (χ1) is 18.4. The zero-order valence-electron chi connectivity index (χ0n) is 22.6. The molecule has 2 aromatic heterocycles. The monoisotopic (exact) mass is 555 g/mol. The van der Waals surface area contributed by atoms with E-state index in [2.05, 4.69) is 28.7 Å². The van der Waals surface area contributed by atoms with Gasteiger partial charge in [-0.25, -0.2) is 18.1 Å². The van der Waals surface area contributed by atoms with Crippen LogP contribution in [0.15, 0.2) is 53.4 Å². The van der Waals surface area contributed by atoms with Gasteiger partial charge in [0.25, 0.3) is 15.9 Å². The summed E-state index contributed by atoms with van der Waals surface area (Å²) in [5.41, 5.74) is 0.0118. The summed E-state index contributed by atoms with van der Waals surface area (Å²) in [5.74, 6) is -0.582. The van der Waals surface area contributed by atoms with Gasteiger partial charge in [-0.3, -0.25) is 4.79 Å². The fourth-order valence-corrected chi connectivity index (χ4v) is 6.16. The van der Waals surface area contributed by atoms with Crippen LogP contribution < -0.4 is 14.4 Å². The molecule has 1 amide bonds. The molecule has 1 atom stereocenters. The van der Waals surface area contributed by atoms with Gasteiger partial charge in [0.15, 0.2) is 5.82 Å². The minimum Gasteiger partial charge on any atom is -0.477 e. The molecule has 3 heterocycles. The maximum atomic E-state index is 15.0. The first-order valence-electron chi connectivity index (χ1n) is 13.2. The van der Waals surface area contributed by atoms with Gasteiger partial charge in [-0.15, -0.1) is 5.10 Å². The number of nitrogens with zero attached hydrogens (tertiary/aromatic N) is 4. The van der Waals surface area contributed by atoms with Crippen molar-refractivity contribution in [2.75, 3.05) is 18.1 Å². The second-order valence-electron chi connectivity index (χ2n) is 11.6. The molecule has 5 rings (SSSR count). The van der Waals surface area contributed by atoms with Crippen molar-refractivity contribution in [3.8, 4) is 11.7 Å². The number of benzene rings is 1. The highest BCUT2D eigenvalue weighted by Crippen LogP contribution is 2.48. The average Bonchev–Trinajstić information content (AvgIpc) is 3.38. The number of hydrogen-bond donors (Lipinski definition) is 1. The van der Waals surface area contributed by atoms with Crippen molar-refractivity contribution in [1.29, 1.82) is 0 Å². The Morgan fingerprint density at radius 2 is 1.87 bits per heavy atom. The Morgan fingerprint density at radius 1 is 1.15 bits per heavy atom. The number of anilines is 1. The van der Waals surface area contributed by atoms with Crippen LogP contribution in [-0.4, -0.2) is 47.8 Å². The van der Waals surface area contributed by atoms with Crippen molar-refractivity contribution >= 4 is 21.7 Å². The summed E-state index contributed by atoms with van der Waals surface area (Å²) in [5, 5.41) is 4.25. The van der Waals surface area contributed by atoms with Crippen LogP contribution in [0.3, 0.4) is 0 Å². The van der Waals surface area contributed by atoms with Crippen molar-refractivity contribution in [3.63, 3.8) is 0 Å². The lowest BCUT2D eigenvalue weighted by Crippen LogP contribution is -2.41. The van der Waals surface area contributed by atoms with E-state index >= 15 is 0 Å². The van der Waals surface area contributed by atoms with Crippen molar-refractivity contribution in [3.05, 3.63) is 60.0 Å². The topological polar surface area (TPSA) is 106 Å². The molecule has 0 bridgehead atoms. The number of amides is 1. The number of carbonyl (C=O) groups excluding carboxylic acids is 1. The molecule has 39 heavy (non-hydrogen) atoms. The molecule has 0 radical (unpaired) electrons. The largest absolute Gasteiger partial charge is 0.477 e. The van der Waals surface area contributed by atoms with Crippen LogP contribution >= 0.6 is 0 Å². The summed E-state index contributed by atoms with van der Waals surface area (Å²) in [6.45, 7) is 9.42. The summed E-state index contributed by atoms with van der Waals surface area (Å²) >= 11 is 0. The minimum atomic E-state index is -4.11. The predicted octanol–water partition coefficient (Wildman–Crippen LogP) is 4.72. The van der Waals surface area contributed by atoms with Crippen LogP contribution in [0.25, 0.3) is 5.82 Å². The van der Waals surface area contributed by atoms with Crippen LogP contribution in [0.1, 0.15) is 63.7 Å². The highest BCUT2D eigenvalue weighted by Gasteiger charge is 2.40. The second-order valence-corrected chi connectivity index (χ2v) is 13.3. The van der Waals surface area contributed by atoms with Crippen LogP contribution in [0.2, 0.25) is 0 Å². The smallest absolute Gasteiger partial charge is 0.268 e. The van der Waals surface area contributed by atoms with Gasteiger partial charge in [-0.1, -0.05) is 32.0 Å². The van der Waals surface area contributed by atoms with Gasteiger partial charge >= 0.3 is 0 Å². The molecule has 1 saturated carbocycles. The minimum absolute atomic E-state index is 0.0265. The Labute approximate surface area is 228 Å². The molecule has 1 aromatic carbocycles. The third-order valence-corrected chi connectivity index (χ3v) is 8.98. The fourth-order valence-electron chi connectivity index (χ4n) is 5.17. The molecule has 1 saturated heterocycles. The Morgan fingerprint density at radius 3 is 2.51 bits per heavy atom. The maximum absolute atomic E-state index is 15.0. The number of carbonyl (C=O) groups is 1. The van der Waals surface area contributed by atoms with E-state index in [0.717, 1.165) is 17.5 Å². The van der Waals surface area contributed by atoms with Gasteiger partial charge in [0.2, 0.25) is 11.8 Å². The first kappa shape index (κ1) is 27.1. The summed E-state index contributed by atoms with van der Waals surface area (Å²) < 4.78 is 49.6. The standard InChI is InChI=1S/C28H34FN5O4S/c1-19-17-27(2,3)33(18-19)25-21(26(35)32-39(36,37)20-8-6-5-7-9-20)10-11-23(30-25)34-22(29)16-24(31-34)38-15-14-28(4)12-13-28/h5-11,16,19H,12-15,17-18H2,1-4H3,(H,32,35)/t19-/m0/s1. The average molecular weight is 556 g/mol. The molecule has 0 unspecified atom stereocenters. The number of nitrogens with one attached hydrogen (secondary N) is 1. The molecule has 3 aromatic rings. The van der Waals surface area contributed by atoms with E-state index in [1.165, 1.54) is 43.2 Å². The number of sulfonamides is 1. The van der Waals surface area contributed by atoms with E-state index in [1.807, 2.05) is 18.7 Å². The van der Waals surface area contributed by atoms with Gasteiger partial charge in [0, 0.05) is 12.1 Å². The molecule has 1 aliphatic heterocycles. The van der Waals surface area contributed by atoms with Gasteiger partial charge in [-0.05, 0) is 75.1 Å². The Hall–Kier alpha value is -3.47. The highest BCUT2D eigenvalue weighted by molar-refractivity contribution is 7.90. The Balaban J connectivity index is 1.47. The van der Waals surface area contributed by atoms with Crippen LogP contribution in [0.5, 0.6) is 5.88 Å². The number of hydrogen-bond acceptors (Lipinski definition) is 7. The number of aromatic nitrogens is 3. The first-order valence-corrected chi connectivity index (χ1v) is 14.6. The van der Waals surface area contributed by atoms with Gasteiger partial charge in [0.05, 0.1) is 23.1 Å². The molecular weight excluding hydrogens is 521 g/mol. The zero-order chi connectivity index (χ0) is 28.0. The molecule has 1 N–H and O–H groups in total. The maximum Gasteiger partial charge on any atom is 0.268 e. The van der Waals surface area contributed by atoms with Crippen molar-refractivity contribution in [2.24, 2.45) is 11.3 Å². The molecular formula is C28H34FN5O4S. The van der Waals surface area contributed by atoms with Gasteiger partial charge in [-0.2, -0.15) is 9.07 Å². The molecule has 2 fully saturated rings. The van der Waals surface area contributed by atoms with Gasteiger partial charge in [0.1, 0.15) is 5.82 Å². The van der Waals surface area contributed by atoms with Gasteiger partial charge < -0.3 is 9.64 Å². The quantitative estimate of drug-likeness (QED) is 0.407. The molecule has 208 valence electrons. The number of ether oxygens (including phenoxy) is 1. The number of pyridine rings is 1. The molecule has 0 spiro atoms. The molecule has 9 nitrogen and oxygen atoms in total. The fraction of sp³-hybridized carbons (Fsp3) is 0.464. The third kappa shape index (κ3) is 5.78. The van der Waals surface area contributed by atoms with E-state index in [1.54, 1.807) is 18.2 Å². The lowest BCUT2D eigenvalue weighted by atomic mass is 9.97. The lowest BCUT2D eigenvalue weighted by molar-refractivity contribution is 0.0981.